The predicted octanol–water partition coefficient (Wildman–Crippen LogP) is 1.97. The van der Waals surface area contributed by atoms with Crippen molar-refractivity contribution in [3.05, 3.63) is 2.43 Å². The Labute approximate surface area is 82.7 Å². The van der Waals surface area contributed by atoms with Crippen LogP contribution in [0.15, 0.2) is 0 Å². The summed E-state index contributed by atoms with van der Waals surface area (Å²) < 4.78 is 1.94. The normalized spacial score (nSPS) is 3.60. The predicted molar refractivity (Wildman–Crippen MR) is 32.3 cm³/mol. The Morgan fingerprint density at radius 1 is 1.20 bits per heavy atom. The minimum absolute atomic E-state index is 0. The van der Waals surface area contributed by atoms with E-state index in [9.17, 15) is 0 Å². The van der Waals surface area contributed by atoms with Gasteiger partial charge in [-0.3, -0.25) is 0 Å². The SMILES string of the molecule is I[CH-]I.[Cu+].[Zn]. The van der Waals surface area contributed by atoms with Crippen LogP contribution in [0.3, 0.4) is 0 Å². The Balaban J connectivity index is -0.0000000200. The molecule has 0 bridgehead atoms. The molecule has 0 aliphatic carbocycles. The molecule has 0 unspecified atom stereocenters. The molecule has 0 heterocycles. The molecule has 0 fully saturated rings. The largest absolute Gasteiger partial charge is 1.00 e. The van der Waals surface area contributed by atoms with Crippen molar-refractivity contribution in [3.8, 4) is 0 Å². The quantitative estimate of drug-likeness (QED) is 0.334. The van der Waals surface area contributed by atoms with Crippen LogP contribution < -0.4 is 0 Å². The van der Waals surface area contributed by atoms with E-state index >= 15 is 0 Å². The van der Waals surface area contributed by atoms with Crippen LogP contribution in [0.2, 0.25) is 0 Å². The van der Waals surface area contributed by atoms with E-state index in [0.717, 1.165) is 0 Å². The minimum atomic E-state index is 0. The third kappa shape index (κ3) is 20.6. The smallest absolute Gasteiger partial charge is 0.304 e. The van der Waals surface area contributed by atoms with Gasteiger partial charge in [-0.15, -0.1) is 0 Å². The zero-order chi connectivity index (χ0) is 2.71. The maximum Gasteiger partial charge on any atom is 1.00 e. The molecule has 0 rings (SSSR count). The fourth-order valence-corrected chi connectivity index (χ4v) is 0. The van der Waals surface area contributed by atoms with Crippen LogP contribution >= 0.6 is 45.2 Å². The van der Waals surface area contributed by atoms with E-state index in [0.29, 0.717) is 0 Å². The summed E-state index contributed by atoms with van der Waals surface area (Å²) in [6.45, 7) is 0. The Morgan fingerprint density at radius 2 is 1.20 bits per heavy atom. The van der Waals surface area contributed by atoms with Crippen molar-refractivity contribution < 1.29 is 36.5 Å². The molecule has 4 heteroatoms. The van der Waals surface area contributed by atoms with E-state index < -0.39 is 0 Å². The summed E-state index contributed by atoms with van der Waals surface area (Å²) in [6, 6.07) is 0. The van der Waals surface area contributed by atoms with Crippen molar-refractivity contribution >= 4 is 45.2 Å². The Morgan fingerprint density at radius 3 is 1.20 bits per heavy atom. The summed E-state index contributed by atoms with van der Waals surface area (Å²) in [5.74, 6) is 0. The maximum absolute atomic E-state index is 2.15. The average Bonchev–Trinajstić information content (AvgIpc) is 0.918. The first-order valence-electron chi connectivity index (χ1n) is 0.436. The molecule has 0 amide bonds. The van der Waals surface area contributed by atoms with Gasteiger partial charge in [0.2, 0.25) is 0 Å². The van der Waals surface area contributed by atoms with E-state index in [2.05, 4.69) is 45.2 Å². The number of hydrogen-bond donors (Lipinski definition) is 0. The van der Waals surface area contributed by atoms with Gasteiger partial charge in [0.05, 0.1) is 0 Å². The molecule has 0 radical (unpaired) electrons. The van der Waals surface area contributed by atoms with Gasteiger partial charge in [-0.1, -0.05) is 0 Å². The summed E-state index contributed by atoms with van der Waals surface area (Å²) in [5.41, 5.74) is 0. The molecule has 0 aliphatic rings. The fourth-order valence-electron chi connectivity index (χ4n) is 0. The standard InChI is InChI=1S/CHI2.Cu.Zn/c2-1-3;;/h1H;;/q-1;+1;. The molecule has 5 heavy (non-hydrogen) atoms. The van der Waals surface area contributed by atoms with Crippen molar-refractivity contribution in [1.29, 1.82) is 0 Å². The molecule has 0 spiro atoms. The second-order valence-electron chi connectivity index (χ2n) is 0.0825. The third-order valence-electron chi connectivity index (χ3n) is 0. The van der Waals surface area contributed by atoms with Gasteiger partial charge in [-0.2, -0.15) is 0 Å². The first-order chi connectivity index (χ1) is 1.41. The molecular weight excluding hydrogens is 395 g/mol. The van der Waals surface area contributed by atoms with E-state index in [1.807, 2.05) is 2.43 Å². The fraction of sp³-hybridized carbons (Fsp3) is 0. The molecular formula is CHCuI2Zn. The second kappa shape index (κ2) is 16.0. The first-order valence-corrected chi connectivity index (χ1v) is 2.93. The molecule has 0 nitrogen and oxygen atoms in total. The number of rotatable bonds is 0. The Hall–Kier alpha value is 2.60. The van der Waals surface area contributed by atoms with Crippen LogP contribution in [-0.2, 0) is 36.5 Å². The van der Waals surface area contributed by atoms with Crippen molar-refractivity contribution in [3.63, 3.8) is 0 Å². The molecule has 0 aliphatic heterocycles. The van der Waals surface area contributed by atoms with Crippen LogP contribution in [0.1, 0.15) is 0 Å². The van der Waals surface area contributed by atoms with Crippen molar-refractivity contribution in [1.82, 2.24) is 0 Å². The molecule has 0 saturated heterocycles. The van der Waals surface area contributed by atoms with E-state index in [1.54, 1.807) is 0 Å². The van der Waals surface area contributed by atoms with Crippen LogP contribution in [0.4, 0.5) is 0 Å². The van der Waals surface area contributed by atoms with E-state index in [1.165, 1.54) is 0 Å². The van der Waals surface area contributed by atoms with E-state index in [4.69, 9.17) is 0 Å². The van der Waals surface area contributed by atoms with Crippen molar-refractivity contribution in [2.75, 3.05) is 0 Å². The third-order valence-corrected chi connectivity index (χ3v) is 0. The van der Waals surface area contributed by atoms with Crippen LogP contribution in [-0.4, -0.2) is 0 Å². The molecule has 0 atom stereocenters. The molecule has 32 valence electrons. The summed E-state index contributed by atoms with van der Waals surface area (Å²) in [6.07, 6.45) is 0. The molecule has 0 aromatic heterocycles. The van der Waals surface area contributed by atoms with Gasteiger partial charge in [-0.05, 0) is 0 Å². The van der Waals surface area contributed by atoms with Crippen LogP contribution in [0, 0.1) is 2.43 Å². The molecule has 0 saturated carbocycles. The average molecular weight is 396 g/mol. The van der Waals surface area contributed by atoms with Gasteiger partial charge >= 0.3 is 17.1 Å². The van der Waals surface area contributed by atoms with Crippen LogP contribution in [0.5, 0.6) is 0 Å². The summed E-state index contributed by atoms with van der Waals surface area (Å²) in [7, 11) is 0. The molecule has 0 aromatic carbocycles. The monoisotopic (exact) mass is 394 g/mol. The number of hydrogen-bond acceptors (Lipinski definition) is 0. The van der Waals surface area contributed by atoms with E-state index in [-0.39, 0.29) is 36.5 Å². The van der Waals surface area contributed by atoms with Gasteiger partial charge in [0.15, 0.2) is 0 Å². The van der Waals surface area contributed by atoms with Crippen molar-refractivity contribution in [2.24, 2.45) is 0 Å². The molecule has 0 aromatic rings. The van der Waals surface area contributed by atoms with Gasteiger partial charge in [0.1, 0.15) is 0 Å². The second-order valence-corrected chi connectivity index (χ2v) is 3.71. The summed E-state index contributed by atoms with van der Waals surface area (Å²) in [5, 5.41) is 0. The number of halogens is 2. The topological polar surface area (TPSA) is 0 Å². The van der Waals surface area contributed by atoms with Crippen LogP contribution in [0.25, 0.3) is 0 Å². The minimum Gasteiger partial charge on any atom is -0.304 e. The van der Waals surface area contributed by atoms with Gasteiger partial charge < -0.3 is 45.2 Å². The zero-order valence-electron chi connectivity index (χ0n) is 2.34. The van der Waals surface area contributed by atoms with Gasteiger partial charge in [0, 0.05) is 19.5 Å². The maximum atomic E-state index is 2.15. The first kappa shape index (κ1) is 15.6. The Bertz CT molecular complexity index is 9.61. The summed E-state index contributed by atoms with van der Waals surface area (Å²) in [4.78, 5) is 0. The molecule has 0 N–H and O–H groups in total. The summed E-state index contributed by atoms with van der Waals surface area (Å²) >= 11 is 4.30. The van der Waals surface area contributed by atoms with Gasteiger partial charge in [-0.25, -0.2) is 2.43 Å². The zero-order valence-corrected chi connectivity index (χ0v) is 10.6. The van der Waals surface area contributed by atoms with Crippen molar-refractivity contribution in [2.45, 2.75) is 0 Å². The van der Waals surface area contributed by atoms with Gasteiger partial charge in [0.25, 0.3) is 0 Å². The Kier molecular flexibility index (Phi) is 50.0.